The number of carbonyl (C=O) groups is 1. The number of hydrogen-bond donors (Lipinski definition) is 3. The van der Waals surface area contributed by atoms with Gasteiger partial charge in [0.1, 0.15) is 11.5 Å². The molecule has 0 aromatic heterocycles. The molecule has 0 fully saturated rings. The van der Waals surface area contributed by atoms with E-state index >= 15 is 0 Å². The maximum atomic E-state index is 12.0. The second-order valence-electron chi connectivity index (χ2n) is 4.48. The molecule has 4 heteroatoms. The molecule has 1 amide bonds. The van der Waals surface area contributed by atoms with Gasteiger partial charge in [0.2, 0.25) is 0 Å². The van der Waals surface area contributed by atoms with Gasteiger partial charge in [-0.1, -0.05) is 11.6 Å². The summed E-state index contributed by atoms with van der Waals surface area (Å²) in [5.74, 6) is -0.263. The van der Waals surface area contributed by atoms with Crippen LogP contribution in [0.5, 0.6) is 11.5 Å². The van der Waals surface area contributed by atoms with Crippen LogP contribution in [0.4, 0.5) is 5.69 Å². The summed E-state index contributed by atoms with van der Waals surface area (Å²) in [5.41, 5.74) is 2.36. The smallest absolute Gasteiger partial charge is 0.259 e. The molecule has 0 aliphatic carbocycles. The molecule has 2 aromatic rings. The molecule has 0 spiro atoms. The van der Waals surface area contributed by atoms with Crippen LogP contribution in [0.1, 0.15) is 21.5 Å². The molecule has 0 radical (unpaired) electrons. The van der Waals surface area contributed by atoms with E-state index in [2.05, 4.69) is 5.32 Å². The molecule has 0 aliphatic rings. The summed E-state index contributed by atoms with van der Waals surface area (Å²) in [6, 6.07) is 9.63. The molecule has 98 valence electrons. The first-order chi connectivity index (χ1) is 8.97. The van der Waals surface area contributed by atoms with E-state index < -0.39 is 0 Å². The van der Waals surface area contributed by atoms with Crippen LogP contribution >= 0.6 is 0 Å². The van der Waals surface area contributed by atoms with Gasteiger partial charge in [0.25, 0.3) is 5.91 Å². The molecule has 0 bridgehead atoms. The van der Waals surface area contributed by atoms with Gasteiger partial charge in [0, 0.05) is 5.69 Å². The minimum Gasteiger partial charge on any atom is -0.508 e. The third-order valence-electron chi connectivity index (χ3n) is 2.85. The van der Waals surface area contributed by atoms with Gasteiger partial charge in [-0.2, -0.15) is 0 Å². The third-order valence-corrected chi connectivity index (χ3v) is 2.85. The minimum absolute atomic E-state index is 0.0569. The van der Waals surface area contributed by atoms with Gasteiger partial charge >= 0.3 is 0 Å². The summed E-state index contributed by atoms with van der Waals surface area (Å²) in [7, 11) is 0. The first kappa shape index (κ1) is 13.0. The number of aromatic hydroxyl groups is 2. The van der Waals surface area contributed by atoms with Crippen LogP contribution in [-0.4, -0.2) is 16.1 Å². The Labute approximate surface area is 111 Å². The fourth-order valence-electron chi connectivity index (χ4n) is 1.76. The monoisotopic (exact) mass is 257 g/mol. The second-order valence-corrected chi connectivity index (χ2v) is 4.48. The van der Waals surface area contributed by atoms with Crippen molar-refractivity contribution in [2.24, 2.45) is 0 Å². The summed E-state index contributed by atoms with van der Waals surface area (Å²) < 4.78 is 0. The highest BCUT2D eigenvalue weighted by Gasteiger charge is 2.11. The molecule has 0 saturated heterocycles. The lowest BCUT2D eigenvalue weighted by Gasteiger charge is -2.09. The van der Waals surface area contributed by atoms with E-state index in [4.69, 9.17) is 0 Å². The summed E-state index contributed by atoms with van der Waals surface area (Å²) in [5, 5.41) is 21.8. The van der Waals surface area contributed by atoms with E-state index in [1.807, 2.05) is 6.92 Å². The molecule has 2 rings (SSSR count). The Balaban J connectivity index is 2.25. The Morgan fingerprint density at radius 3 is 2.37 bits per heavy atom. The van der Waals surface area contributed by atoms with Gasteiger partial charge in [-0.05, 0) is 49.7 Å². The van der Waals surface area contributed by atoms with E-state index in [1.165, 1.54) is 12.1 Å². The van der Waals surface area contributed by atoms with Crippen molar-refractivity contribution in [1.82, 2.24) is 0 Å². The zero-order valence-electron chi connectivity index (χ0n) is 10.8. The van der Waals surface area contributed by atoms with Crippen molar-refractivity contribution in [3.63, 3.8) is 0 Å². The van der Waals surface area contributed by atoms with Crippen LogP contribution < -0.4 is 5.32 Å². The average molecular weight is 257 g/mol. The van der Waals surface area contributed by atoms with E-state index in [-0.39, 0.29) is 23.0 Å². The van der Waals surface area contributed by atoms with Crippen LogP contribution in [-0.2, 0) is 0 Å². The number of hydrogen-bond acceptors (Lipinski definition) is 3. The Hall–Kier alpha value is -2.49. The van der Waals surface area contributed by atoms with Crippen molar-refractivity contribution < 1.29 is 15.0 Å². The van der Waals surface area contributed by atoms with E-state index in [1.54, 1.807) is 31.2 Å². The number of rotatable bonds is 2. The first-order valence-corrected chi connectivity index (χ1v) is 5.88. The number of carbonyl (C=O) groups excluding carboxylic acids is 1. The van der Waals surface area contributed by atoms with E-state index in [0.717, 1.165) is 5.56 Å². The summed E-state index contributed by atoms with van der Waals surface area (Å²) in [4.78, 5) is 12.0. The van der Waals surface area contributed by atoms with Crippen molar-refractivity contribution >= 4 is 11.6 Å². The fourth-order valence-corrected chi connectivity index (χ4v) is 1.76. The van der Waals surface area contributed by atoms with Gasteiger partial charge in [-0.3, -0.25) is 4.79 Å². The quantitative estimate of drug-likeness (QED) is 0.724. The highest BCUT2D eigenvalue weighted by Crippen LogP contribution is 2.23. The normalized spacial score (nSPS) is 10.2. The fraction of sp³-hybridized carbons (Fsp3) is 0.133. The molecular formula is C15H15NO3. The number of amides is 1. The molecule has 2 aromatic carbocycles. The van der Waals surface area contributed by atoms with Crippen molar-refractivity contribution in [1.29, 1.82) is 0 Å². The van der Waals surface area contributed by atoms with E-state index in [0.29, 0.717) is 11.3 Å². The lowest BCUT2D eigenvalue weighted by atomic mass is 10.1. The maximum Gasteiger partial charge on any atom is 0.259 e. The Bertz CT molecular complexity index is 635. The lowest BCUT2D eigenvalue weighted by Crippen LogP contribution is -2.12. The standard InChI is InChI=1S/C15H15NO3/c1-9-3-5-14(18)12(7-9)15(19)16-11-4-6-13(17)10(2)8-11/h3-8,17-18H,1-2H3,(H,16,19). The van der Waals surface area contributed by atoms with Crippen molar-refractivity contribution in [2.45, 2.75) is 13.8 Å². The number of anilines is 1. The topological polar surface area (TPSA) is 69.6 Å². The number of phenols is 2. The number of benzene rings is 2. The molecule has 19 heavy (non-hydrogen) atoms. The lowest BCUT2D eigenvalue weighted by molar-refractivity contribution is 0.102. The van der Waals surface area contributed by atoms with Gasteiger partial charge in [0.05, 0.1) is 5.56 Å². The number of nitrogens with one attached hydrogen (secondary N) is 1. The van der Waals surface area contributed by atoms with Crippen molar-refractivity contribution in [3.8, 4) is 11.5 Å². The Kier molecular flexibility index (Phi) is 3.42. The molecule has 4 nitrogen and oxygen atoms in total. The largest absolute Gasteiger partial charge is 0.508 e. The van der Waals surface area contributed by atoms with Crippen LogP contribution in [0, 0.1) is 13.8 Å². The van der Waals surface area contributed by atoms with Crippen LogP contribution in [0.15, 0.2) is 36.4 Å². The van der Waals surface area contributed by atoms with Crippen LogP contribution in [0.25, 0.3) is 0 Å². The van der Waals surface area contributed by atoms with Crippen molar-refractivity contribution in [2.75, 3.05) is 5.32 Å². The van der Waals surface area contributed by atoms with E-state index in [9.17, 15) is 15.0 Å². The molecule has 0 unspecified atom stereocenters. The minimum atomic E-state index is -0.383. The second kappa shape index (κ2) is 5.02. The van der Waals surface area contributed by atoms with Gasteiger partial charge in [-0.15, -0.1) is 0 Å². The number of phenolic OH excluding ortho intramolecular Hbond substituents is 2. The predicted octanol–water partition coefficient (Wildman–Crippen LogP) is 2.97. The summed E-state index contributed by atoms with van der Waals surface area (Å²) in [6.07, 6.45) is 0. The maximum absolute atomic E-state index is 12.0. The summed E-state index contributed by atoms with van der Waals surface area (Å²) >= 11 is 0. The van der Waals surface area contributed by atoms with Crippen LogP contribution in [0.3, 0.4) is 0 Å². The van der Waals surface area contributed by atoms with Crippen molar-refractivity contribution in [3.05, 3.63) is 53.1 Å². The highest BCUT2D eigenvalue weighted by molar-refractivity contribution is 6.06. The zero-order chi connectivity index (χ0) is 14.0. The Morgan fingerprint density at radius 1 is 1.00 bits per heavy atom. The summed E-state index contributed by atoms with van der Waals surface area (Å²) in [6.45, 7) is 3.59. The van der Waals surface area contributed by atoms with Gasteiger partial charge in [-0.25, -0.2) is 0 Å². The Morgan fingerprint density at radius 2 is 1.68 bits per heavy atom. The molecule has 0 atom stereocenters. The SMILES string of the molecule is Cc1ccc(O)c(C(=O)Nc2ccc(O)c(C)c2)c1. The molecular weight excluding hydrogens is 242 g/mol. The van der Waals surface area contributed by atoms with Crippen LogP contribution in [0.2, 0.25) is 0 Å². The molecule has 0 aliphatic heterocycles. The van der Waals surface area contributed by atoms with Gasteiger partial charge < -0.3 is 15.5 Å². The third kappa shape index (κ3) is 2.85. The predicted molar refractivity (Wildman–Crippen MR) is 73.6 cm³/mol. The molecule has 0 heterocycles. The molecule has 0 saturated carbocycles. The first-order valence-electron chi connectivity index (χ1n) is 5.88. The molecule has 3 N–H and O–H groups in total. The average Bonchev–Trinajstić information content (AvgIpc) is 2.36. The highest BCUT2D eigenvalue weighted by atomic mass is 16.3. The van der Waals surface area contributed by atoms with Gasteiger partial charge in [0.15, 0.2) is 0 Å². The zero-order valence-corrected chi connectivity index (χ0v) is 10.8. The number of aryl methyl sites for hydroxylation is 2.